The van der Waals surface area contributed by atoms with E-state index in [4.69, 9.17) is 4.74 Å². The number of aromatic carboxylic acids is 1. The van der Waals surface area contributed by atoms with Crippen LogP contribution >= 0.6 is 0 Å². The number of halogens is 2. The number of hydrogen-bond acceptors (Lipinski definition) is 3. The summed E-state index contributed by atoms with van der Waals surface area (Å²) in [5.41, 5.74) is 0.188. The fraction of sp³-hybridized carbons (Fsp3) is 0.174. The van der Waals surface area contributed by atoms with Crippen molar-refractivity contribution >= 4 is 11.9 Å². The average Bonchev–Trinajstić information content (AvgIpc) is 2.68. The first-order chi connectivity index (χ1) is 13.8. The quantitative estimate of drug-likeness (QED) is 0.166. The number of rotatable bonds is 7. The first kappa shape index (κ1) is 35.2. The molecule has 0 aliphatic rings. The summed E-state index contributed by atoms with van der Waals surface area (Å²) in [6.45, 7) is 7.02. The first-order valence-electron chi connectivity index (χ1n) is 8.82. The third-order valence-electron chi connectivity index (χ3n) is 3.52. The van der Waals surface area contributed by atoms with Gasteiger partial charge in [-0.2, -0.15) is 13.3 Å². The summed E-state index contributed by atoms with van der Waals surface area (Å²) in [4.78, 5) is 22.5. The van der Waals surface area contributed by atoms with Crippen LogP contribution in [-0.4, -0.2) is 17.0 Å². The molecule has 32 heavy (non-hydrogen) atoms. The second kappa shape index (κ2) is 19.2. The van der Waals surface area contributed by atoms with Gasteiger partial charge in [0.1, 0.15) is 22.9 Å². The number of ether oxygens (including phenoxy) is 1. The van der Waals surface area contributed by atoms with Crippen LogP contribution in [0, 0.1) is 24.1 Å². The Balaban J connectivity index is -0.000000737. The molecule has 0 aliphatic carbocycles. The van der Waals surface area contributed by atoms with Crippen LogP contribution in [0.25, 0.3) is 11.1 Å². The minimum atomic E-state index is -1.32. The van der Waals surface area contributed by atoms with Gasteiger partial charge < -0.3 is 15.9 Å². The van der Waals surface area contributed by atoms with Gasteiger partial charge in [-0.25, -0.2) is 13.6 Å². The van der Waals surface area contributed by atoms with E-state index in [1.165, 1.54) is 25.1 Å². The van der Waals surface area contributed by atoms with Crippen molar-refractivity contribution in [2.45, 2.75) is 26.7 Å². The summed E-state index contributed by atoms with van der Waals surface area (Å²) in [7, 11) is 0. The van der Waals surface area contributed by atoms with Gasteiger partial charge in [0.05, 0.1) is 0 Å². The van der Waals surface area contributed by atoms with Crippen LogP contribution in [-0.2, 0) is 68.0 Å². The monoisotopic (exact) mass is 952 g/mol. The molecule has 0 atom stereocenters. The van der Waals surface area contributed by atoms with Gasteiger partial charge in [-0.05, 0) is 41.8 Å². The van der Waals surface area contributed by atoms with E-state index in [-0.39, 0.29) is 85.6 Å². The summed E-state index contributed by atoms with van der Waals surface area (Å²) < 4.78 is 31.4. The molecule has 2 aromatic rings. The zero-order valence-corrected chi connectivity index (χ0v) is 26.3. The molecule has 0 amide bonds. The Hall–Kier alpha value is -1.35. The molecular weight excluding hydrogens is 930 g/mol. The largest absolute Gasteiger partial charge is 2.00 e. The van der Waals surface area contributed by atoms with E-state index in [2.05, 4.69) is 31.7 Å². The van der Waals surface area contributed by atoms with Gasteiger partial charge in [-0.15, -0.1) is 6.08 Å². The van der Waals surface area contributed by atoms with Crippen LogP contribution in [0.1, 0.15) is 37.0 Å². The minimum Gasteiger partial charge on any atom is -0.500 e. The molecular formula is C23H22F2O4W3. The number of benzene rings is 2. The van der Waals surface area contributed by atoms with Gasteiger partial charge in [-0.1, -0.05) is 19.1 Å². The minimum absolute atomic E-state index is 0. The zero-order valence-electron chi connectivity index (χ0n) is 17.5. The Labute approximate surface area is 230 Å². The van der Waals surface area contributed by atoms with Crippen molar-refractivity contribution in [3.63, 3.8) is 0 Å². The fourth-order valence-electron chi connectivity index (χ4n) is 2.19. The predicted molar refractivity (Wildman–Crippen MR) is 107 cm³/mol. The summed E-state index contributed by atoms with van der Waals surface area (Å²) in [6.07, 6.45) is 10.1. The van der Waals surface area contributed by atoms with Crippen molar-refractivity contribution in [3.05, 3.63) is 84.8 Å². The van der Waals surface area contributed by atoms with Crippen LogP contribution in [0.15, 0.2) is 55.1 Å². The molecule has 0 radical (unpaired) electrons. The van der Waals surface area contributed by atoms with E-state index in [1.807, 2.05) is 0 Å². The molecule has 0 aliphatic heterocycles. The Morgan fingerprint density at radius 1 is 1.09 bits per heavy atom. The number of carboxylic acids is 1. The summed E-state index contributed by atoms with van der Waals surface area (Å²) in [5, 5.41) is 9.18. The number of carboxylic acid groups (broad SMARTS) is 1. The van der Waals surface area contributed by atoms with E-state index in [9.17, 15) is 23.5 Å². The molecule has 2 aromatic carbocycles. The van der Waals surface area contributed by atoms with Crippen LogP contribution < -0.4 is 4.74 Å². The van der Waals surface area contributed by atoms with Crippen molar-refractivity contribution < 1.29 is 91.4 Å². The van der Waals surface area contributed by atoms with Gasteiger partial charge in [0.15, 0.2) is 5.97 Å². The smallest absolute Gasteiger partial charge is 0.500 e. The van der Waals surface area contributed by atoms with Crippen molar-refractivity contribution in [2.75, 3.05) is 0 Å². The molecule has 1 N–H and O–H groups in total. The topological polar surface area (TPSA) is 63.6 Å². The standard InChI is InChI=1S/C16H11F2O4.C7H11.3W/c1-2-15(19)22-14-4-3-9(7-13(14)16(20)21)10-5-11(17)8-12(18)6-10;1-3-5-7-6-4-2;;;/h2-8H,1H3,(H,20,21);6-7H,1,4-5H2,2H3;;;/q2*-1;;;+2/b;7-6-;;;. The molecule has 0 spiro atoms. The third kappa shape index (κ3) is 12.6. The second-order valence-corrected chi connectivity index (χ2v) is 5.72. The molecule has 2 rings (SSSR count). The number of esters is 1. The van der Waals surface area contributed by atoms with E-state index >= 15 is 0 Å². The Kier molecular flexibility index (Phi) is 21.1. The van der Waals surface area contributed by atoms with Crippen LogP contribution in [0.3, 0.4) is 0 Å². The van der Waals surface area contributed by atoms with Crippen molar-refractivity contribution in [3.8, 4) is 16.9 Å². The molecule has 0 saturated heterocycles. The van der Waals surface area contributed by atoms with Crippen molar-refractivity contribution in [2.24, 2.45) is 0 Å². The SMILES string of the molecule is C=[C-]C/C=C\CC.C[CH-]C(=O)Oc1ccc(-c2cc(F)cc(F)c2)cc1C(=O)O.[W+2].[W].[W]. The molecule has 4 nitrogen and oxygen atoms in total. The fourth-order valence-corrected chi connectivity index (χ4v) is 2.19. The maximum absolute atomic E-state index is 13.2. The Morgan fingerprint density at radius 2 is 1.69 bits per heavy atom. The van der Waals surface area contributed by atoms with E-state index < -0.39 is 23.6 Å². The van der Waals surface area contributed by atoms with Crippen LogP contribution in [0.5, 0.6) is 5.75 Å². The summed E-state index contributed by atoms with van der Waals surface area (Å²) in [5.74, 6) is -3.72. The van der Waals surface area contributed by atoms with Gasteiger partial charge in [0, 0.05) is 48.2 Å². The number of hydrogen-bond donors (Lipinski definition) is 1. The Morgan fingerprint density at radius 3 is 2.16 bits per heavy atom. The van der Waals surface area contributed by atoms with Gasteiger partial charge in [0.2, 0.25) is 0 Å². The number of carbonyl (C=O) groups excluding carboxylic acids is 1. The molecule has 0 saturated carbocycles. The molecule has 0 unspecified atom stereocenters. The third-order valence-corrected chi connectivity index (χ3v) is 3.52. The van der Waals surface area contributed by atoms with Crippen LogP contribution in [0.2, 0.25) is 0 Å². The number of carbonyl (C=O) groups is 2. The van der Waals surface area contributed by atoms with E-state index in [0.29, 0.717) is 0 Å². The normalized spacial score (nSPS) is 9.12. The second-order valence-electron chi connectivity index (χ2n) is 5.72. The molecule has 9 heteroatoms. The average molecular weight is 952 g/mol. The first-order valence-corrected chi connectivity index (χ1v) is 8.82. The Bertz CT molecular complexity index is 883. The molecule has 170 valence electrons. The van der Waals surface area contributed by atoms with Crippen LogP contribution in [0.4, 0.5) is 8.78 Å². The van der Waals surface area contributed by atoms with E-state index in [0.717, 1.165) is 37.5 Å². The molecule has 0 aromatic heterocycles. The maximum atomic E-state index is 13.2. The maximum Gasteiger partial charge on any atom is 2.00 e. The zero-order chi connectivity index (χ0) is 21.8. The van der Waals surface area contributed by atoms with Gasteiger partial charge in [0.25, 0.3) is 0 Å². The van der Waals surface area contributed by atoms with Gasteiger partial charge in [-0.3, -0.25) is 17.8 Å². The summed E-state index contributed by atoms with van der Waals surface area (Å²) >= 11 is 0. The summed E-state index contributed by atoms with van der Waals surface area (Å²) in [6, 6.07) is 6.75. The van der Waals surface area contributed by atoms with E-state index in [1.54, 1.807) is 0 Å². The molecule has 0 heterocycles. The number of allylic oxidation sites excluding steroid dienone is 3. The predicted octanol–water partition coefficient (Wildman–Crippen LogP) is 5.78. The van der Waals surface area contributed by atoms with Crippen molar-refractivity contribution in [1.82, 2.24) is 0 Å². The molecule has 0 fully saturated rings. The van der Waals surface area contributed by atoms with Crippen molar-refractivity contribution in [1.29, 1.82) is 0 Å². The molecule has 0 bridgehead atoms. The van der Waals surface area contributed by atoms with Gasteiger partial charge >= 0.3 is 27.0 Å².